The molecule has 2 aromatic carbocycles. The van der Waals surface area contributed by atoms with Crippen molar-refractivity contribution < 1.29 is 0 Å². The average Bonchev–Trinajstić information content (AvgIpc) is 3.03. The van der Waals surface area contributed by atoms with E-state index >= 15 is 0 Å². The number of nitrogens with zero attached hydrogens (tertiary/aromatic N) is 2. The van der Waals surface area contributed by atoms with Gasteiger partial charge in [0.15, 0.2) is 0 Å². The molecule has 0 radical (unpaired) electrons. The van der Waals surface area contributed by atoms with Crippen LogP contribution in [0.1, 0.15) is 47.6 Å². The Hall–Kier alpha value is -4.09. The number of para-hydroxylation sites is 1. The smallest absolute Gasteiger partial charge is 0.0988 e. The third-order valence-electron chi connectivity index (χ3n) is 7.55. The van der Waals surface area contributed by atoms with Gasteiger partial charge in [-0.05, 0) is 41.7 Å². The lowest BCUT2D eigenvalue weighted by Crippen LogP contribution is -2.09. The molecule has 0 saturated heterocycles. The second-order valence-corrected chi connectivity index (χ2v) is 9.68. The standard InChI is InChI=1S/C33H28N2/c1-23-21-24(22-34)11-20-29(23)27-14-12-25(13-15-27)26-16-18-28(19-17-26)35-32-9-4-2-3-7-30(32)31-8-5-6-10-33(31)35/h2-8,10-16,18-21,23,26,29H,9,17H2,1H3/t23?,26?,29-/m1/s1. The summed E-state index contributed by atoms with van der Waals surface area (Å²) >= 11 is 0. The summed E-state index contributed by atoms with van der Waals surface area (Å²) < 4.78 is 2.44. The highest BCUT2D eigenvalue weighted by atomic mass is 15.0. The summed E-state index contributed by atoms with van der Waals surface area (Å²) in [5.74, 6) is 1.05. The Morgan fingerprint density at radius 3 is 2.51 bits per heavy atom. The fraction of sp³-hybridized carbons (Fsp3) is 0.182. The van der Waals surface area contributed by atoms with Crippen LogP contribution in [0.2, 0.25) is 0 Å². The van der Waals surface area contributed by atoms with Crippen LogP contribution in [0.4, 0.5) is 0 Å². The van der Waals surface area contributed by atoms with E-state index in [1.807, 2.05) is 6.08 Å². The van der Waals surface area contributed by atoms with Crippen molar-refractivity contribution in [1.82, 2.24) is 4.57 Å². The van der Waals surface area contributed by atoms with Gasteiger partial charge in [-0.3, -0.25) is 0 Å². The summed E-state index contributed by atoms with van der Waals surface area (Å²) in [6.07, 6.45) is 24.0. The zero-order chi connectivity index (χ0) is 23.8. The summed E-state index contributed by atoms with van der Waals surface area (Å²) in [5.41, 5.74) is 8.66. The van der Waals surface area contributed by atoms with Gasteiger partial charge in [-0.25, -0.2) is 0 Å². The molecule has 0 N–H and O–H groups in total. The first-order chi connectivity index (χ1) is 17.2. The lowest BCUT2D eigenvalue weighted by atomic mass is 9.81. The van der Waals surface area contributed by atoms with Crippen molar-refractivity contribution in [3.8, 4) is 6.07 Å². The number of hydrogen-bond donors (Lipinski definition) is 0. The van der Waals surface area contributed by atoms with Crippen LogP contribution in [0.5, 0.6) is 0 Å². The van der Waals surface area contributed by atoms with Crippen molar-refractivity contribution >= 4 is 22.7 Å². The van der Waals surface area contributed by atoms with Crippen molar-refractivity contribution in [2.45, 2.75) is 31.6 Å². The number of nitriles is 1. The molecule has 1 heterocycles. The van der Waals surface area contributed by atoms with Crippen LogP contribution in [0.15, 0.2) is 109 Å². The summed E-state index contributed by atoms with van der Waals surface area (Å²) in [7, 11) is 0. The molecule has 2 unspecified atom stereocenters. The molecule has 35 heavy (non-hydrogen) atoms. The van der Waals surface area contributed by atoms with Gasteiger partial charge in [-0.1, -0.05) is 98.0 Å². The van der Waals surface area contributed by atoms with Crippen molar-refractivity contribution in [3.05, 3.63) is 131 Å². The number of allylic oxidation sites excluding steroid dienone is 11. The third-order valence-corrected chi connectivity index (χ3v) is 7.55. The van der Waals surface area contributed by atoms with E-state index in [0.717, 1.165) is 18.4 Å². The monoisotopic (exact) mass is 452 g/mol. The predicted molar refractivity (Wildman–Crippen MR) is 146 cm³/mol. The van der Waals surface area contributed by atoms with E-state index in [9.17, 15) is 0 Å². The van der Waals surface area contributed by atoms with E-state index in [1.54, 1.807) is 0 Å². The Kier molecular flexibility index (Phi) is 5.47. The fourth-order valence-corrected chi connectivity index (χ4v) is 5.71. The lowest BCUT2D eigenvalue weighted by molar-refractivity contribution is 0.632. The maximum atomic E-state index is 9.16. The molecule has 2 heteroatoms. The van der Waals surface area contributed by atoms with Gasteiger partial charge in [-0.15, -0.1) is 0 Å². The molecule has 6 rings (SSSR count). The molecule has 170 valence electrons. The number of benzene rings is 2. The molecule has 3 aliphatic rings. The molecule has 3 atom stereocenters. The molecule has 0 saturated carbocycles. The zero-order valence-electron chi connectivity index (χ0n) is 19.9. The number of rotatable bonds is 3. The highest BCUT2D eigenvalue weighted by Crippen LogP contribution is 2.37. The quantitative estimate of drug-likeness (QED) is 0.395. The molecule has 2 nitrogen and oxygen atoms in total. The van der Waals surface area contributed by atoms with Crippen molar-refractivity contribution in [1.29, 1.82) is 5.26 Å². The molecule has 0 fully saturated rings. The second kappa shape index (κ2) is 8.93. The highest BCUT2D eigenvalue weighted by molar-refractivity contribution is 5.95. The molecule has 1 aromatic heterocycles. The van der Waals surface area contributed by atoms with Gasteiger partial charge in [0.25, 0.3) is 0 Å². The van der Waals surface area contributed by atoms with E-state index in [2.05, 4.69) is 121 Å². The first kappa shape index (κ1) is 21.4. The molecular formula is C33H28N2. The van der Waals surface area contributed by atoms with Crippen LogP contribution >= 0.6 is 0 Å². The molecule has 0 amide bonds. The van der Waals surface area contributed by atoms with Crippen LogP contribution in [-0.2, 0) is 6.42 Å². The summed E-state index contributed by atoms with van der Waals surface area (Å²) in [5, 5.41) is 10.5. The minimum atomic E-state index is 0.329. The minimum absolute atomic E-state index is 0.329. The van der Waals surface area contributed by atoms with Crippen LogP contribution in [0.25, 0.3) is 22.7 Å². The van der Waals surface area contributed by atoms with Crippen LogP contribution < -0.4 is 0 Å². The third kappa shape index (κ3) is 3.84. The number of hydrogen-bond acceptors (Lipinski definition) is 1. The van der Waals surface area contributed by atoms with E-state index in [-0.39, 0.29) is 0 Å². The number of aromatic nitrogens is 1. The second-order valence-electron chi connectivity index (χ2n) is 9.68. The van der Waals surface area contributed by atoms with Gasteiger partial charge < -0.3 is 4.57 Å². The summed E-state index contributed by atoms with van der Waals surface area (Å²) in [6, 6.07) is 20.1. The van der Waals surface area contributed by atoms with E-state index < -0.39 is 0 Å². The van der Waals surface area contributed by atoms with Gasteiger partial charge in [0.2, 0.25) is 0 Å². The van der Waals surface area contributed by atoms with Crippen LogP contribution in [0, 0.1) is 17.2 Å². The Morgan fingerprint density at radius 1 is 0.914 bits per heavy atom. The highest BCUT2D eigenvalue weighted by Gasteiger charge is 2.21. The van der Waals surface area contributed by atoms with Gasteiger partial charge in [0.1, 0.15) is 0 Å². The van der Waals surface area contributed by atoms with E-state index in [4.69, 9.17) is 5.26 Å². The molecule has 0 aliphatic heterocycles. The topological polar surface area (TPSA) is 28.7 Å². The van der Waals surface area contributed by atoms with E-state index in [1.165, 1.54) is 39.0 Å². The van der Waals surface area contributed by atoms with E-state index in [0.29, 0.717) is 17.8 Å². The molecule has 0 bridgehead atoms. The Balaban J connectivity index is 1.25. The normalized spacial score (nSPS) is 22.9. The van der Waals surface area contributed by atoms with Gasteiger partial charge in [0.05, 0.1) is 11.6 Å². The molecule has 3 aliphatic carbocycles. The van der Waals surface area contributed by atoms with Crippen LogP contribution in [-0.4, -0.2) is 4.57 Å². The first-order valence-electron chi connectivity index (χ1n) is 12.5. The summed E-state index contributed by atoms with van der Waals surface area (Å²) in [4.78, 5) is 0. The summed E-state index contributed by atoms with van der Waals surface area (Å²) in [6.45, 7) is 2.19. The Labute approximate surface area is 207 Å². The van der Waals surface area contributed by atoms with Crippen molar-refractivity contribution in [2.75, 3.05) is 0 Å². The fourth-order valence-electron chi connectivity index (χ4n) is 5.71. The minimum Gasteiger partial charge on any atom is -0.313 e. The zero-order valence-corrected chi connectivity index (χ0v) is 19.9. The molecule has 3 aromatic rings. The van der Waals surface area contributed by atoms with Gasteiger partial charge in [-0.2, -0.15) is 5.26 Å². The largest absolute Gasteiger partial charge is 0.313 e. The van der Waals surface area contributed by atoms with Gasteiger partial charge >= 0.3 is 0 Å². The molecule has 0 spiro atoms. The average molecular weight is 453 g/mol. The maximum Gasteiger partial charge on any atom is 0.0988 e. The maximum absolute atomic E-state index is 9.16. The number of fused-ring (bicyclic) bond motifs is 3. The van der Waals surface area contributed by atoms with Crippen molar-refractivity contribution in [3.63, 3.8) is 0 Å². The van der Waals surface area contributed by atoms with Crippen LogP contribution in [0.3, 0.4) is 0 Å². The Morgan fingerprint density at radius 2 is 1.74 bits per heavy atom. The SMILES string of the molecule is CC1C=C(C#N)C=C[C@H]1c1ccc(C2C=CC(n3c4c(c5ccccc53)C=CC=CC4)=CC2)cc1. The van der Waals surface area contributed by atoms with Crippen molar-refractivity contribution in [2.24, 2.45) is 5.92 Å². The first-order valence-corrected chi connectivity index (χ1v) is 12.5. The van der Waals surface area contributed by atoms with Gasteiger partial charge in [0, 0.05) is 46.2 Å². The Bertz CT molecular complexity index is 1510. The molecular weight excluding hydrogens is 424 g/mol. The predicted octanol–water partition coefficient (Wildman–Crippen LogP) is 8.09. The lowest BCUT2D eigenvalue weighted by Gasteiger charge is -2.23.